The molecule has 0 spiro atoms. The van der Waals surface area contributed by atoms with Crippen LogP contribution in [0.25, 0.3) is 0 Å². The summed E-state index contributed by atoms with van der Waals surface area (Å²) in [5.74, 6) is -4.28. The number of fused-ring (bicyclic) bond motifs is 5. The minimum atomic E-state index is -2.35. The fraction of sp³-hybridized carbons (Fsp3) is 0.742. The maximum absolute atomic E-state index is 17.5. The maximum Gasteiger partial charge on any atom is 0.509 e. The van der Waals surface area contributed by atoms with Crippen LogP contribution in [0.2, 0.25) is 0 Å². The van der Waals surface area contributed by atoms with Crippen LogP contribution in [-0.4, -0.2) is 65.6 Å². The first-order valence-corrected chi connectivity index (χ1v) is 14.8. The number of allylic oxidation sites excluding steroid dienone is 4. The third-order valence-electron chi connectivity index (χ3n) is 10.8. The Morgan fingerprint density at radius 3 is 2.49 bits per heavy atom. The van der Waals surface area contributed by atoms with E-state index in [4.69, 9.17) is 14.2 Å². The molecule has 5 aliphatic carbocycles. The lowest BCUT2D eigenvalue weighted by molar-refractivity contribution is -0.226. The van der Waals surface area contributed by atoms with Crippen LogP contribution in [-0.2, 0) is 28.6 Å². The predicted octanol–water partition coefficient (Wildman–Crippen LogP) is 4.77. The summed E-state index contributed by atoms with van der Waals surface area (Å²) in [4.78, 5) is 51.5. The van der Waals surface area contributed by atoms with Crippen LogP contribution in [0.15, 0.2) is 23.8 Å². The van der Waals surface area contributed by atoms with Crippen molar-refractivity contribution in [1.29, 1.82) is 0 Å². The molecule has 1 N–H and O–H groups in total. The quantitative estimate of drug-likeness (QED) is 0.324. The van der Waals surface area contributed by atoms with Crippen molar-refractivity contribution in [2.75, 3.05) is 13.2 Å². The highest BCUT2D eigenvalue weighted by Gasteiger charge is 2.78. The third kappa shape index (κ3) is 4.29. The number of unbranched alkanes of at least 4 members (excludes halogenated alkanes) is 1. The summed E-state index contributed by atoms with van der Waals surface area (Å²) in [5.41, 5.74) is -7.16. The van der Waals surface area contributed by atoms with E-state index >= 15 is 8.78 Å². The van der Waals surface area contributed by atoms with Crippen LogP contribution in [0.1, 0.15) is 72.6 Å². The summed E-state index contributed by atoms with van der Waals surface area (Å²) in [6.07, 6.45) is 1.61. The number of halogens is 2. The molecule has 0 aliphatic heterocycles. The standard InChI is InChI=1S/C31H40F2O8/c1-5-6-11-39-27(38)41-31(25(36)16-40-26(37)18-7-8-18)17(2)12-20-21-14-23(32)22-13-19(34)9-10-28(22,3)30(21,33)24(35)15-29(20,31)4/h9-10,13,17-18,20-21,23-24,35H,5-8,11-12,14-16H2,1-4H3/t17-,20+,21+,23+,24+,28+,29+,30+,31+/m1/s1. The van der Waals surface area contributed by atoms with Gasteiger partial charge in [0.25, 0.3) is 0 Å². The van der Waals surface area contributed by atoms with Crippen molar-refractivity contribution < 1.29 is 47.3 Å². The molecule has 226 valence electrons. The van der Waals surface area contributed by atoms with Gasteiger partial charge in [-0.25, -0.2) is 13.6 Å². The third-order valence-corrected chi connectivity index (χ3v) is 10.8. The van der Waals surface area contributed by atoms with E-state index in [0.717, 1.165) is 12.5 Å². The van der Waals surface area contributed by atoms with E-state index in [-0.39, 0.29) is 37.4 Å². The molecule has 0 heterocycles. The molecule has 0 aromatic carbocycles. The minimum absolute atomic E-state index is 0.00234. The van der Waals surface area contributed by atoms with Crippen molar-refractivity contribution >= 4 is 23.7 Å². The summed E-state index contributed by atoms with van der Waals surface area (Å²) >= 11 is 0. The number of hydrogen-bond acceptors (Lipinski definition) is 8. The molecule has 4 fully saturated rings. The molecule has 0 saturated heterocycles. The molecule has 4 saturated carbocycles. The Kier molecular flexibility index (Phi) is 7.48. The number of aliphatic hydroxyl groups excluding tert-OH is 1. The van der Waals surface area contributed by atoms with Gasteiger partial charge in [0.05, 0.1) is 18.6 Å². The number of alkyl halides is 2. The average Bonchev–Trinajstić information content (AvgIpc) is 3.74. The lowest BCUT2D eigenvalue weighted by Gasteiger charge is -2.63. The second-order valence-corrected chi connectivity index (χ2v) is 13.1. The van der Waals surface area contributed by atoms with Crippen LogP contribution < -0.4 is 0 Å². The molecule has 0 amide bonds. The van der Waals surface area contributed by atoms with Crippen molar-refractivity contribution in [2.45, 2.75) is 96.2 Å². The maximum atomic E-state index is 17.5. The number of aliphatic hydroxyl groups is 1. The van der Waals surface area contributed by atoms with Crippen LogP contribution in [0, 0.1) is 34.5 Å². The zero-order valence-electron chi connectivity index (χ0n) is 24.1. The summed E-state index contributed by atoms with van der Waals surface area (Å²) in [6.45, 7) is 6.23. The second kappa shape index (κ2) is 10.3. The Bertz CT molecular complexity index is 1190. The first-order valence-electron chi connectivity index (χ1n) is 14.8. The number of carbonyl (C=O) groups excluding carboxylic acids is 4. The van der Waals surface area contributed by atoms with Gasteiger partial charge < -0.3 is 19.3 Å². The van der Waals surface area contributed by atoms with Gasteiger partial charge in [0.1, 0.15) is 6.17 Å². The number of rotatable bonds is 8. The molecule has 5 aliphatic rings. The van der Waals surface area contributed by atoms with Crippen molar-refractivity contribution in [3.63, 3.8) is 0 Å². The van der Waals surface area contributed by atoms with E-state index < -0.39 is 82.4 Å². The fourth-order valence-electron chi connectivity index (χ4n) is 8.53. The molecule has 8 nitrogen and oxygen atoms in total. The van der Waals surface area contributed by atoms with Crippen molar-refractivity contribution in [2.24, 2.45) is 34.5 Å². The van der Waals surface area contributed by atoms with Gasteiger partial charge in [-0.15, -0.1) is 0 Å². The summed E-state index contributed by atoms with van der Waals surface area (Å²) < 4.78 is 49.8. The zero-order valence-corrected chi connectivity index (χ0v) is 24.1. The Hall–Kier alpha value is -2.62. The van der Waals surface area contributed by atoms with Crippen LogP contribution in [0.3, 0.4) is 0 Å². The summed E-state index contributed by atoms with van der Waals surface area (Å²) in [7, 11) is 0. The minimum Gasteiger partial charge on any atom is -0.457 e. The first kappa shape index (κ1) is 29.9. The van der Waals surface area contributed by atoms with Crippen LogP contribution in [0.5, 0.6) is 0 Å². The van der Waals surface area contributed by atoms with E-state index in [0.29, 0.717) is 19.3 Å². The van der Waals surface area contributed by atoms with E-state index in [1.807, 2.05) is 6.92 Å². The number of ether oxygens (including phenoxy) is 3. The smallest absolute Gasteiger partial charge is 0.457 e. The number of carbonyl (C=O) groups is 4. The average molecular weight is 579 g/mol. The summed E-state index contributed by atoms with van der Waals surface area (Å²) in [6, 6.07) is 0. The largest absolute Gasteiger partial charge is 0.509 e. The fourth-order valence-corrected chi connectivity index (χ4v) is 8.53. The molecule has 0 aromatic heterocycles. The van der Waals surface area contributed by atoms with E-state index in [1.165, 1.54) is 19.1 Å². The van der Waals surface area contributed by atoms with Gasteiger partial charge in [-0.3, -0.25) is 14.4 Å². The number of hydrogen-bond donors (Lipinski definition) is 1. The number of Topliss-reactive ketones (excluding diaryl/α,β-unsaturated/α-hetero) is 1. The molecule has 5 rings (SSSR count). The van der Waals surface area contributed by atoms with Gasteiger partial charge in [0, 0.05) is 22.7 Å². The lowest BCUT2D eigenvalue weighted by Crippen LogP contribution is -2.71. The van der Waals surface area contributed by atoms with Gasteiger partial charge >= 0.3 is 12.1 Å². The molecule has 10 heteroatoms. The molecule has 0 bridgehead atoms. The lowest BCUT2D eigenvalue weighted by atomic mass is 9.44. The van der Waals surface area contributed by atoms with Gasteiger partial charge in [-0.2, -0.15) is 0 Å². The van der Waals surface area contributed by atoms with E-state index in [2.05, 4.69) is 0 Å². The molecule has 41 heavy (non-hydrogen) atoms. The monoisotopic (exact) mass is 578 g/mol. The SMILES string of the molecule is CCCCOC(=O)O[C@]1(C(=O)COC(=O)C2CC2)[C@H](C)C[C@H]2[C@@H]3C[C@H](F)C4=CC(=O)C=C[C@]4(C)[C@@]3(F)[C@@H](O)C[C@@]21C. The van der Waals surface area contributed by atoms with E-state index in [9.17, 15) is 24.3 Å². The highest BCUT2D eigenvalue weighted by atomic mass is 19.1. The van der Waals surface area contributed by atoms with Gasteiger partial charge in [0.2, 0.25) is 5.78 Å². The van der Waals surface area contributed by atoms with Gasteiger partial charge in [-0.05, 0) is 69.1 Å². The Labute approximate surface area is 238 Å². The van der Waals surface area contributed by atoms with Crippen LogP contribution >= 0.6 is 0 Å². The van der Waals surface area contributed by atoms with Gasteiger partial charge in [0.15, 0.2) is 23.7 Å². The highest BCUT2D eigenvalue weighted by molar-refractivity contribution is 6.01. The zero-order chi connectivity index (χ0) is 30.0. The van der Waals surface area contributed by atoms with Crippen LogP contribution in [0.4, 0.5) is 13.6 Å². The normalized spacial score (nSPS) is 42.9. The highest BCUT2D eigenvalue weighted by Crippen LogP contribution is 2.71. The Balaban J connectivity index is 1.54. The molecule has 0 unspecified atom stereocenters. The van der Waals surface area contributed by atoms with Crippen molar-refractivity contribution in [3.8, 4) is 0 Å². The van der Waals surface area contributed by atoms with Crippen molar-refractivity contribution in [3.05, 3.63) is 23.8 Å². The number of esters is 1. The Morgan fingerprint density at radius 2 is 1.83 bits per heavy atom. The second-order valence-electron chi connectivity index (χ2n) is 13.1. The van der Waals surface area contributed by atoms with Gasteiger partial charge in [-0.1, -0.05) is 33.3 Å². The first-order chi connectivity index (χ1) is 19.3. The molecular weight excluding hydrogens is 538 g/mol. The van der Waals surface area contributed by atoms with E-state index in [1.54, 1.807) is 13.8 Å². The Morgan fingerprint density at radius 1 is 1.12 bits per heavy atom. The topological polar surface area (TPSA) is 116 Å². The predicted molar refractivity (Wildman–Crippen MR) is 142 cm³/mol. The van der Waals surface area contributed by atoms with Crippen molar-refractivity contribution in [1.82, 2.24) is 0 Å². The molecule has 9 atom stereocenters. The molecular formula is C31H40F2O8. The summed E-state index contributed by atoms with van der Waals surface area (Å²) in [5, 5.41) is 11.6. The molecule has 0 aromatic rings. The molecule has 0 radical (unpaired) electrons. The number of ketones is 2.